The fourth-order valence-corrected chi connectivity index (χ4v) is 4.29. The molecule has 3 heterocycles. The SMILES string of the molecule is CN(Cc1ccccc1)c1nc2ncn(CC(=O)Nc3ccc4c(c3)OCO4)c(=O)c2s1. The molecule has 9 nitrogen and oxygen atoms in total. The van der Waals surface area contributed by atoms with E-state index in [4.69, 9.17) is 9.47 Å². The maximum Gasteiger partial charge on any atom is 0.273 e. The van der Waals surface area contributed by atoms with E-state index in [0.29, 0.717) is 39.2 Å². The summed E-state index contributed by atoms with van der Waals surface area (Å²) in [5, 5.41) is 3.45. The smallest absolute Gasteiger partial charge is 0.273 e. The van der Waals surface area contributed by atoms with Crippen molar-refractivity contribution >= 4 is 38.4 Å². The Kier molecular flexibility index (Phi) is 5.20. The second-order valence-electron chi connectivity index (χ2n) is 7.28. The maximum absolute atomic E-state index is 12.9. The molecule has 0 aliphatic carbocycles. The quantitative estimate of drug-likeness (QED) is 0.483. The van der Waals surface area contributed by atoms with Crippen molar-refractivity contribution in [1.29, 1.82) is 0 Å². The first-order valence-corrected chi connectivity index (χ1v) is 10.7. The molecular weight excluding hydrogens is 430 g/mol. The van der Waals surface area contributed by atoms with Gasteiger partial charge in [0.15, 0.2) is 22.3 Å². The number of nitrogens with one attached hydrogen (secondary N) is 1. The molecule has 0 saturated carbocycles. The van der Waals surface area contributed by atoms with Crippen LogP contribution < -0.4 is 25.2 Å². The zero-order valence-electron chi connectivity index (χ0n) is 17.1. The third kappa shape index (κ3) is 4.00. The Morgan fingerprint density at radius 3 is 2.84 bits per heavy atom. The first-order valence-electron chi connectivity index (χ1n) is 9.87. The number of nitrogens with zero attached hydrogens (tertiary/aromatic N) is 4. The van der Waals surface area contributed by atoms with Crippen LogP contribution >= 0.6 is 11.3 Å². The van der Waals surface area contributed by atoms with Gasteiger partial charge in [-0.3, -0.25) is 14.2 Å². The zero-order valence-corrected chi connectivity index (χ0v) is 18.0. The van der Waals surface area contributed by atoms with E-state index in [-0.39, 0.29) is 24.8 Å². The molecule has 5 rings (SSSR count). The predicted octanol–water partition coefficient (Wildman–Crippen LogP) is 2.86. The van der Waals surface area contributed by atoms with Gasteiger partial charge < -0.3 is 19.7 Å². The van der Waals surface area contributed by atoms with Crippen LogP contribution in [0.2, 0.25) is 0 Å². The molecule has 2 aromatic heterocycles. The molecule has 1 N–H and O–H groups in total. The van der Waals surface area contributed by atoms with Gasteiger partial charge in [0.2, 0.25) is 12.7 Å². The van der Waals surface area contributed by atoms with E-state index in [0.717, 1.165) is 5.56 Å². The Morgan fingerprint density at radius 1 is 1.19 bits per heavy atom. The van der Waals surface area contributed by atoms with Crippen LogP contribution in [0.25, 0.3) is 10.3 Å². The number of thiazole rings is 1. The Balaban J connectivity index is 1.32. The Hall–Kier alpha value is -3.92. The standard InChI is InChI=1S/C22H19N5O4S/c1-26(10-14-5-3-2-4-6-14)22-25-20-19(32-22)21(29)27(12-23-20)11-18(28)24-15-7-8-16-17(9-15)31-13-30-16/h2-9,12H,10-11,13H2,1H3,(H,24,28). The lowest BCUT2D eigenvalue weighted by Crippen LogP contribution is -2.27. The van der Waals surface area contributed by atoms with Gasteiger partial charge >= 0.3 is 0 Å². The molecule has 1 amide bonds. The van der Waals surface area contributed by atoms with Crippen LogP contribution in [0.3, 0.4) is 0 Å². The summed E-state index contributed by atoms with van der Waals surface area (Å²) in [5.74, 6) is 0.852. The van der Waals surface area contributed by atoms with Crippen LogP contribution in [-0.4, -0.2) is 34.3 Å². The van der Waals surface area contributed by atoms with Gasteiger partial charge in [0, 0.05) is 25.3 Å². The highest BCUT2D eigenvalue weighted by molar-refractivity contribution is 7.22. The van der Waals surface area contributed by atoms with Crippen molar-refractivity contribution < 1.29 is 14.3 Å². The number of amides is 1. The fraction of sp³-hybridized carbons (Fsp3) is 0.182. The lowest BCUT2D eigenvalue weighted by atomic mass is 10.2. The van der Waals surface area contributed by atoms with E-state index in [1.54, 1.807) is 18.2 Å². The lowest BCUT2D eigenvalue weighted by Gasteiger charge is -2.15. The third-order valence-electron chi connectivity index (χ3n) is 4.93. The number of anilines is 2. The highest BCUT2D eigenvalue weighted by Gasteiger charge is 2.17. The summed E-state index contributed by atoms with van der Waals surface area (Å²) < 4.78 is 12.3. The van der Waals surface area contributed by atoms with Crippen molar-refractivity contribution in [2.24, 2.45) is 0 Å². The average Bonchev–Trinajstić information content (AvgIpc) is 3.43. The monoisotopic (exact) mass is 449 g/mol. The number of fused-ring (bicyclic) bond motifs is 2. The molecule has 4 aromatic rings. The van der Waals surface area contributed by atoms with Crippen LogP contribution in [0.15, 0.2) is 59.7 Å². The minimum absolute atomic E-state index is 0.158. The van der Waals surface area contributed by atoms with E-state index in [9.17, 15) is 9.59 Å². The molecule has 32 heavy (non-hydrogen) atoms. The molecule has 10 heteroatoms. The highest BCUT2D eigenvalue weighted by atomic mass is 32.1. The van der Waals surface area contributed by atoms with E-state index < -0.39 is 0 Å². The lowest BCUT2D eigenvalue weighted by molar-refractivity contribution is -0.116. The molecule has 0 spiro atoms. The van der Waals surface area contributed by atoms with E-state index in [1.165, 1.54) is 22.2 Å². The summed E-state index contributed by atoms with van der Waals surface area (Å²) in [6.45, 7) is 0.654. The molecule has 0 fully saturated rings. The Bertz CT molecular complexity index is 1350. The number of carbonyl (C=O) groups excluding carboxylic acids is 1. The van der Waals surface area contributed by atoms with Crippen LogP contribution in [0.4, 0.5) is 10.8 Å². The number of carbonyl (C=O) groups is 1. The van der Waals surface area contributed by atoms with Crippen molar-refractivity contribution in [2.45, 2.75) is 13.1 Å². The number of ether oxygens (including phenoxy) is 2. The number of benzene rings is 2. The number of rotatable bonds is 6. The second-order valence-corrected chi connectivity index (χ2v) is 8.26. The van der Waals surface area contributed by atoms with Gasteiger partial charge in [0.1, 0.15) is 17.6 Å². The van der Waals surface area contributed by atoms with Gasteiger partial charge in [0.05, 0.1) is 0 Å². The molecule has 0 bridgehead atoms. The van der Waals surface area contributed by atoms with Crippen molar-refractivity contribution in [2.75, 3.05) is 24.1 Å². The van der Waals surface area contributed by atoms with Gasteiger partial charge in [-0.25, -0.2) is 4.98 Å². The van der Waals surface area contributed by atoms with Gasteiger partial charge in [0.25, 0.3) is 5.56 Å². The molecule has 2 aromatic carbocycles. The molecular formula is C22H19N5O4S. The van der Waals surface area contributed by atoms with E-state index >= 15 is 0 Å². The normalized spacial score (nSPS) is 12.2. The van der Waals surface area contributed by atoms with Crippen molar-refractivity contribution in [3.05, 3.63) is 70.8 Å². The third-order valence-corrected chi connectivity index (χ3v) is 6.08. The molecule has 0 radical (unpaired) electrons. The number of hydrogen-bond donors (Lipinski definition) is 1. The van der Waals surface area contributed by atoms with Gasteiger partial charge in [-0.1, -0.05) is 41.7 Å². The summed E-state index contributed by atoms with van der Waals surface area (Å²) in [7, 11) is 1.92. The van der Waals surface area contributed by atoms with Crippen molar-refractivity contribution in [3.8, 4) is 11.5 Å². The fourth-order valence-electron chi connectivity index (χ4n) is 3.37. The average molecular weight is 449 g/mol. The summed E-state index contributed by atoms with van der Waals surface area (Å²) in [6.07, 6.45) is 1.35. The zero-order chi connectivity index (χ0) is 22.1. The van der Waals surface area contributed by atoms with Gasteiger partial charge in [-0.05, 0) is 17.7 Å². The minimum Gasteiger partial charge on any atom is -0.454 e. The van der Waals surface area contributed by atoms with Crippen LogP contribution in [0.1, 0.15) is 5.56 Å². The minimum atomic E-state index is -0.349. The number of hydrogen-bond acceptors (Lipinski definition) is 8. The van der Waals surface area contributed by atoms with Crippen molar-refractivity contribution in [3.63, 3.8) is 0 Å². The first-order chi connectivity index (χ1) is 15.6. The molecule has 1 aliphatic heterocycles. The predicted molar refractivity (Wildman–Crippen MR) is 121 cm³/mol. The van der Waals surface area contributed by atoms with Crippen LogP contribution in [0, 0.1) is 0 Å². The van der Waals surface area contributed by atoms with E-state index in [1.807, 2.05) is 42.3 Å². The van der Waals surface area contributed by atoms with Crippen molar-refractivity contribution in [1.82, 2.24) is 14.5 Å². The maximum atomic E-state index is 12.9. The Morgan fingerprint density at radius 2 is 2.00 bits per heavy atom. The summed E-state index contributed by atoms with van der Waals surface area (Å²) in [4.78, 5) is 36.2. The summed E-state index contributed by atoms with van der Waals surface area (Å²) in [6, 6.07) is 15.1. The van der Waals surface area contributed by atoms with Crippen LogP contribution in [-0.2, 0) is 17.9 Å². The summed E-state index contributed by atoms with van der Waals surface area (Å²) in [5.41, 5.74) is 1.78. The first kappa shape index (κ1) is 20.0. The van der Waals surface area contributed by atoms with E-state index in [2.05, 4.69) is 15.3 Å². The molecule has 0 atom stereocenters. The topological polar surface area (TPSA) is 98.6 Å². The molecule has 0 saturated heterocycles. The number of aromatic nitrogens is 3. The van der Waals surface area contributed by atoms with Gasteiger partial charge in [-0.15, -0.1) is 0 Å². The highest BCUT2D eigenvalue weighted by Crippen LogP contribution is 2.34. The molecule has 0 unspecified atom stereocenters. The molecule has 162 valence electrons. The summed E-state index contributed by atoms with van der Waals surface area (Å²) >= 11 is 1.27. The largest absolute Gasteiger partial charge is 0.454 e. The second kappa shape index (κ2) is 8.31. The Labute approximate surface area is 186 Å². The van der Waals surface area contributed by atoms with Gasteiger partial charge in [-0.2, -0.15) is 4.98 Å². The molecule has 1 aliphatic rings. The van der Waals surface area contributed by atoms with Crippen LogP contribution in [0.5, 0.6) is 11.5 Å².